The molecule has 1 aliphatic rings. The first-order valence-electron chi connectivity index (χ1n) is 6.76. The Labute approximate surface area is 108 Å². The van der Waals surface area contributed by atoms with Crippen LogP contribution in [0.2, 0.25) is 0 Å². The standard InChI is InChI=1S/C16H19NO/c1-11(18)10-13-6-5-7-14-12(2)15-8-3-4-9-17(15)16(13)14/h3-4,8-9,13H,5-7,10H2,1-2H3/t13-/m1/s1. The zero-order chi connectivity index (χ0) is 12.7. The minimum Gasteiger partial charge on any atom is -0.320 e. The molecule has 0 radical (unpaired) electrons. The average molecular weight is 241 g/mol. The molecular formula is C16H19NO. The van der Waals surface area contributed by atoms with Crippen LogP contribution in [0.15, 0.2) is 24.4 Å². The third-order valence-corrected chi connectivity index (χ3v) is 4.17. The van der Waals surface area contributed by atoms with E-state index in [1.165, 1.54) is 28.8 Å². The van der Waals surface area contributed by atoms with E-state index in [1.54, 1.807) is 6.92 Å². The number of pyridine rings is 1. The Morgan fingerprint density at radius 1 is 1.44 bits per heavy atom. The minimum absolute atomic E-state index is 0.302. The summed E-state index contributed by atoms with van der Waals surface area (Å²) in [5.41, 5.74) is 5.58. The van der Waals surface area contributed by atoms with Gasteiger partial charge in [0.2, 0.25) is 0 Å². The van der Waals surface area contributed by atoms with Gasteiger partial charge < -0.3 is 9.20 Å². The van der Waals surface area contributed by atoms with E-state index in [-0.39, 0.29) is 0 Å². The fraction of sp³-hybridized carbons (Fsp3) is 0.438. The molecule has 0 bridgehead atoms. The van der Waals surface area contributed by atoms with Gasteiger partial charge in [0, 0.05) is 29.7 Å². The topological polar surface area (TPSA) is 21.5 Å². The number of aromatic nitrogens is 1. The predicted molar refractivity (Wildman–Crippen MR) is 73.1 cm³/mol. The number of ketones is 1. The van der Waals surface area contributed by atoms with E-state index in [2.05, 4.69) is 35.7 Å². The Morgan fingerprint density at radius 3 is 3.06 bits per heavy atom. The Hall–Kier alpha value is -1.57. The molecule has 2 nitrogen and oxygen atoms in total. The zero-order valence-electron chi connectivity index (χ0n) is 11.1. The van der Waals surface area contributed by atoms with E-state index >= 15 is 0 Å². The Kier molecular flexibility index (Phi) is 2.73. The third-order valence-electron chi connectivity index (χ3n) is 4.17. The molecule has 94 valence electrons. The van der Waals surface area contributed by atoms with Crippen molar-refractivity contribution >= 4 is 11.3 Å². The molecule has 2 heterocycles. The van der Waals surface area contributed by atoms with E-state index in [1.807, 2.05) is 0 Å². The fourth-order valence-electron chi connectivity index (χ4n) is 3.42. The second-order valence-corrected chi connectivity index (χ2v) is 5.44. The molecule has 3 rings (SSSR count). The van der Waals surface area contributed by atoms with Crippen molar-refractivity contribution in [1.29, 1.82) is 0 Å². The van der Waals surface area contributed by atoms with Gasteiger partial charge in [0.15, 0.2) is 0 Å². The molecule has 0 aliphatic heterocycles. The monoisotopic (exact) mass is 241 g/mol. The smallest absolute Gasteiger partial charge is 0.130 e. The summed E-state index contributed by atoms with van der Waals surface area (Å²) in [6, 6.07) is 6.35. The summed E-state index contributed by atoms with van der Waals surface area (Å²) in [5, 5.41) is 0. The first-order valence-corrected chi connectivity index (χ1v) is 6.76. The maximum absolute atomic E-state index is 11.5. The maximum atomic E-state index is 11.5. The molecule has 0 amide bonds. The Balaban J connectivity index is 2.21. The van der Waals surface area contributed by atoms with Crippen LogP contribution in [0.5, 0.6) is 0 Å². The van der Waals surface area contributed by atoms with E-state index in [9.17, 15) is 4.79 Å². The Morgan fingerprint density at radius 2 is 2.28 bits per heavy atom. The lowest BCUT2D eigenvalue weighted by atomic mass is 9.83. The van der Waals surface area contributed by atoms with Gasteiger partial charge in [0.25, 0.3) is 0 Å². The van der Waals surface area contributed by atoms with Crippen LogP contribution >= 0.6 is 0 Å². The number of carbonyl (C=O) groups excluding carboxylic acids is 1. The van der Waals surface area contributed by atoms with Crippen molar-refractivity contribution in [1.82, 2.24) is 4.40 Å². The van der Waals surface area contributed by atoms with Crippen LogP contribution in [0.1, 0.15) is 48.9 Å². The largest absolute Gasteiger partial charge is 0.320 e. The van der Waals surface area contributed by atoms with Crippen molar-refractivity contribution in [2.45, 2.75) is 45.4 Å². The van der Waals surface area contributed by atoms with Crippen molar-refractivity contribution in [3.05, 3.63) is 41.2 Å². The second-order valence-electron chi connectivity index (χ2n) is 5.44. The number of aryl methyl sites for hydroxylation is 1. The molecule has 0 saturated carbocycles. The molecule has 0 unspecified atom stereocenters. The van der Waals surface area contributed by atoms with Gasteiger partial charge in [-0.2, -0.15) is 0 Å². The average Bonchev–Trinajstić information content (AvgIpc) is 2.65. The Bertz CT molecular complexity index is 609. The molecule has 0 saturated heterocycles. The third kappa shape index (κ3) is 1.67. The fourth-order valence-corrected chi connectivity index (χ4v) is 3.42. The summed E-state index contributed by atoms with van der Waals surface area (Å²) < 4.78 is 2.30. The summed E-state index contributed by atoms with van der Waals surface area (Å²) in [6.07, 6.45) is 6.35. The molecule has 0 fully saturated rings. The molecule has 2 aromatic rings. The summed E-state index contributed by atoms with van der Waals surface area (Å²) in [4.78, 5) is 11.5. The van der Waals surface area contributed by atoms with Gasteiger partial charge in [-0.25, -0.2) is 0 Å². The molecule has 0 N–H and O–H groups in total. The molecule has 1 aliphatic carbocycles. The maximum Gasteiger partial charge on any atom is 0.130 e. The normalized spacial score (nSPS) is 18.9. The summed E-state index contributed by atoms with van der Waals surface area (Å²) in [7, 11) is 0. The lowest BCUT2D eigenvalue weighted by Crippen LogP contribution is -2.14. The lowest BCUT2D eigenvalue weighted by Gasteiger charge is -2.23. The quantitative estimate of drug-likeness (QED) is 0.786. The number of hydrogen-bond acceptors (Lipinski definition) is 1. The number of nitrogens with zero attached hydrogens (tertiary/aromatic N) is 1. The number of carbonyl (C=O) groups is 1. The first-order chi connectivity index (χ1) is 8.68. The number of hydrogen-bond donors (Lipinski definition) is 0. The van der Waals surface area contributed by atoms with Crippen LogP contribution in [0, 0.1) is 6.92 Å². The van der Waals surface area contributed by atoms with Crippen molar-refractivity contribution in [3.63, 3.8) is 0 Å². The summed E-state index contributed by atoms with van der Waals surface area (Å²) in [6.45, 7) is 3.92. The van der Waals surface area contributed by atoms with Gasteiger partial charge in [-0.15, -0.1) is 0 Å². The van der Waals surface area contributed by atoms with Crippen LogP contribution in [-0.2, 0) is 11.2 Å². The molecule has 2 aromatic heterocycles. The predicted octanol–water partition coefficient (Wildman–Crippen LogP) is 3.65. The van der Waals surface area contributed by atoms with E-state index in [0.29, 0.717) is 18.1 Å². The van der Waals surface area contributed by atoms with E-state index in [0.717, 1.165) is 12.8 Å². The highest BCUT2D eigenvalue weighted by Crippen LogP contribution is 2.38. The van der Waals surface area contributed by atoms with Gasteiger partial charge in [0.1, 0.15) is 5.78 Å². The van der Waals surface area contributed by atoms with Crippen LogP contribution in [0.3, 0.4) is 0 Å². The lowest BCUT2D eigenvalue weighted by molar-refractivity contribution is -0.117. The van der Waals surface area contributed by atoms with E-state index < -0.39 is 0 Å². The van der Waals surface area contributed by atoms with Crippen LogP contribution in [0.4, 0.5) is 0 Å². The number of fused-ring (bicyclic) bond motifs is 3. The first kappa shape index (κ1) is 11.5. The minimum atomic E-state index is 0.302. The van der Waals surface area contributed by atoms with Gasteiger partial charge in [-0.05, 0) is 56.4 Å². The molecule has 1 atom stereocenters. The highest BCUT2D eigenvalue weighted by molar-refractivity contribution is 5.77. The molecule has 0 aromatic carbocycles. The molecule has 2 heteroatoms. The summed E-state index contributed by atoms with van der Waals surface area (Å²) in [5.74, 6) is 0.714. The van der Waals surface area contributed by atoms with Crippen LogP contribution in [0.25, 0.3) is 5.52 Å². The van der Waals surface area contributed by atoms with Crippen molar-refractivity contribution in [2.75, 3.05) is 0 Å². The van der Waals surface area contributed by atoms with Crippen LogP contribution in [-0.4, -0.2) is 10.2 Å². The van der Waals surface area contributed by atoms with E-state index in [4.69, 9.17) is 0 Å². The highest BCUT2D eigenvalue weighted by Gasteiger charge is 2.26. The molecule has 0 spiro atoms. The van der Waals surface area contributed by atoms with Crippen molar-refractivity contribution in [2.24, 2.45) is 0 Å². The van der Waals surface area contributed by atoms with Gasteiger partial charge in [-0.3, -0.25) is 0 Å². The highest BCUT2D eigenvalue weighted by atomic mass is 16.1. The van der Waals surface area contributed by atoms with Crippen molar-refractivity contribution in [3.8, 4) is 0 Å². The zero-order valence-corrected chi connectivity index (χ0v) is 11.1. The van der Waals surface area contributed by atoms with Gasteiger partial charge in [0.05, 0.1) is 0 Å². The molecular weight excluding hydrogens is 222 g/mol. The van der Waals surface area contributed by atoms with Gasteiger partial charge >= 0.3 is 0 Å². The summed E-state index contributed by atoms with van der Waals surface area (Å²) >= 11 is 0. The van der Waals surface area contributed by atoms with Gasteiger partial charge in [-0.1, -0.05) is 6.07 Å². The SMILES string of the molecule is CC(=O)C[C@H]1CCCc2c(C)c3ccccn3c21. The number of rotatable bonds is 2. The second kappa shape index (κ2) is 4.27. The van der Waals surface area contributed by atoms with Crippen LogP contribution < -0.4 is 0 Å². The van der Waals surface area contributed by atoms with Crippen molar-refractivity contribution < 1.29 is 4.79 Å². The molecule has 18 heavy (non-hydrogen) atoms. The number of Topliss-reactive ketones (excluding diaryl/α,β-unsaturated/α-hetero) is 1.